The average molecular weight is 434 g/mol. The highest BCUT2D eigenvalue weighted by atomic mass is 32.1. The lowest BCUT2D eigenvalue weighted by Gasteiger charge is -2.26. The maximum atomic E-state index is 13.2. The van der Waals surface area contributed by atoms with Crippen LogP contribution in [0.5, 0.6) is 5.75 Å². The van der Waals surface area contributed by atoms with Crippen LogP contribution in [0.3, 0.4) is 0 Å². The van der Waals surface area contributed by atoms with Gasteiger partial charge in [0.05, 0.1) is 12.7 Å². The first-order valence-corrected chi connectivity index (χ1v) is 10.8. The Balaban J connectivity index is 1.96. The van der Waals surface area contributed by atoms with Gasteiger partial charge in [-0.15, -0.1) is 11.3 Å². The first kappa shape index (κ1) is 20.9. The predicted molar refractivity (Wildman–Crippen MR) is 123 cm³/mol. The van der Waals surface area contributed by atoms with Crippen LogP contribution in [0.15, 0.2) is 59.5 Å². The largest absolute Gasteiger partial charge is 0.507 e. The number of nitrogens with zero attached hydrogens (tertiary/aromatic N) is 1. The molecule has 1 aliphatic heterocycles. The van der Waals surface area contributed by atoms with Crippen molar-refractivity contribution in [3.05, 3.63) is 86.6 Å². The number of aliphatic hydroxyl groups excluding tert-OH is 1. The molecule has 158 valence electrons. The van der Waals surface area contributed by atoms with Crippen molar-refractivity contribution in [2.24, 2.45) is 0 Å². The second kappa shape index (κ2) is 8.04. The average Bonchev–Trinajstić information content (AvgIpc) is 3.37. The predicted octanol–water partition coefficient (Wildman–Crippen LogP) is 5.31. The van der Waals surface area contributed by atoms with Gasteiger partial charge in [0, 0.05) is 16.1 Å². The topological polar surface area (TPSA) is 66.8 Å². The van der Waals surface area contributed by atoms with E-state index in [1.807, 2.05) is 56.5 Å². The molecule has 1 aliphatic rings. The second-order valence-electron chi connectivity index (χ2n) is 7.58. The molecule has 6 heteroatoms. The zero-order chi connectivity index (χ0) is 22.3. The molecule has 31 heavy (non-hydrogen) atoms. The van der Waals surface area contributed by atoms with Gasteiger partial charge in [-0.05, 0) is 73.2 Å². The molecule has 0 aliphatic carbocycles. The first-order valence-electron chi connectivity index (χ1n) is 9.90. The van der Waals surface area contributed by atoms with E-state index in [4.69, 9.17) is 4.74 Å². The van der Waals surface area contributed by atoms with Crippen molar-refractivity contribution in [1.82, 2.24) is 0 Å². The van der Waals surface area contributed by atoms with E-state index in [0.717, 1.165) is 21.6 Å². The lowest BCUT2D eigenvalue weighted by atomic mass is 9.97. The van der Waals surface area contributed by atoms with Gasteiger partial charge in [0.25, 0.3) is 11.7 Å². The summed E-state index contributed by atoms with van der Waals surface area (Å²) in [5.74, 6) is -0.851. The van der Waals surface area contributed by atoms with Crippen molar-refractivity contribution in [1.29, 1.82) is 0 Å². The van der Waals surface area contributed by atoms with E-state index in [-0.39, 0.29) is 11.3 Å². The van der Waals surface area contributed by atoms with Gasteiger partial charge in [-0.1, -0.05) is 18.2 Å². The summed E-state index contributed by atoms with van der Waals surface area (Å²) in [5, 5.41) is 13.2. The quantitative estimate of drug-likeness (QED) is 0.344. The summed E-state index contributed by atoms with van der Waals surface area (Å²) < 4.78 is 5.25. The van der Waals surface area contributed by atoms with Crippen LogP contribution < -0.4 is 9.64 Å². The van der Waals surface area contributed by atoms with Gasteiger partial charge < -0.3 is 9.84 Å². The zero-order valence-corrected chi connectivity index (χ0v) is 18.6. The standard InChI is InChI=1S/C25H23NO4S/c1-14-7-5-8-19(16(14)3)26-22(20-9-6-12-31-20)21(24(28)25(26)29)23(27)18-11-10-17(30-4)13-15(18)2/h5-13,22,27H,1-4H3/b23-21-. The summed E-state index contributed by atoms with van der Waals surface area (Å²) >= 11 is 1.45. The Bertz CT molecular complexity index is 1210. The van der Waals surface area contributed by atoms with Crippen LogP contribution in [0.25, 0.3) is 5.76 Å². The number of methoxy groups -OCH3 is 1. The number of rotatable bonds is 4. The molecule has 1 fully saturated rings. The molecule has 1 atom stereocenters. The molecular formula is C25H23NO4S. The van der Waals surface area contributed by atoms with Gasteiger partial charge in [-0.2, -0.15) is 0 Å². The number of carbonyl (C=O) groups is 2. The Morgan fingerprint density at radius 3 is 2.45 bits per heavy atom. The molecule has 1 N–H and O–H groups in total. The van der Waals surface area contributed by atoms with E-state index in [0.29, 0.717) is 17.0 Å². The smallest absolute Gasteiger partial charge is 0.300 e. The van der Waals surface area contributed by atoms with Gasteiger partial charge in [0.2, 0.25) is 0 Å². The van der Waals surface area contributed by atoms with E-state index in [1.54, 1.807) is 25.3 Å². The number of aryl methyl sites for hydroxylation is 2. The van der Waals surface area contributed by atoms with Crippen LogP contribution >= 0.6 is 11.3 Å². The molecule has 5 nitrogen and oxygen atoms in total. The number of thiophene rings is 1. The highest BCUT2D eigenvalue weighted by Gasteiger charge is 2.47. The SMILES string of the molecule is COc1ccc(/C(O)=C2/C(=O)C(=O)N(c3cccc(C)c3C)C2c2cccs2)c(C)c1. The number of hydrogen-bond donors (Lipinski definition) is 1. The molecule has 2 heterocycles. The monoisotopic (exact) mass is 433 g/mol. The normalized spacial score (nSPS) is 17.9. The Morgan fingerprint density at radius 2 is 1.81 bits per heavy atom. The number of ether oxygens (including phenoxy) is 1. The van der Waals surface area contributed by atoms with Crippen LogP contribution in [0, 0.1) is 20.8 Å². The van der Waals surface area contributed by atoms with Gasteiger partial charge in [0.1, 0.15) is 17.6 Å². The Labute approximate surface area is 185 Å². The minimum atomic E-state index is -0.693. The Morgan fingerprint density at radius 1 is 1.03 bits per heavy atom. The summed E-state index contributed by atoms with van der Waals surface area (Å²) in [6.45, 7) is 5.73. The second-order valence-corrected chi connectivity index (χ2v) is 8.56. The van der Waals surface area contributed by atoms with Crippen molar-refractivity contribution < 1.29 is 19.4 Å². The van der Waals surface area contributed by atoms with Crippen molar-refractivity contribution in [3.63, 3.8) is 0 Å². The molecular weight excluding hydrogens is 410 g/mol. The molecule has 0 spiro atoms. The van der Waals surface area contributed by atoms with Gasteiger partial charge in [0.15, 0.2) is 0 Å². The van der Waals surface area contributed by atoms with Crippen LogP contribution in [0.4, 0.5) is 5.69 Å². The van der Waals surface area contributed by atoms with Crippen LogP contribution in [0.2, 0.25) is 0 Å². The maximum Gasteiger partial charge on any atom is 0.300 e. The third kappa shape index (κ3) is 3.43. The number of anilines is 1. The third-order valence-corrected chi connectivity index (χ3v) is 6.71. The molecule has 1 unspecified atom stereocenters. The number of ketones is 1. The van der Waals surface area contributed by atoms with Crippen molar-refractivity contribution in [2.75, 3.05) is 12.0 Å². The van der Waals surface area contributed by atoms with Crippen molar-refractivity contribution in [2.45, 2.75) is 26.8 Å². The molecule has 1 saturated heterocycles. The summed E-state index contributed by atoms with van der Waals surface area (Å²) in [6.07, 6.45) is 0. The minimum absolute atomic E-state index is 0.0987. The van der Waals surface area contributed by atoms with Crippen molar-refractivity contribution in [3.8, 4) is 5.75 Å². The highest BCUT2D eigenvalue weighted by molar-refractivity contribution is 7.10. The van der Waals surface area contributed by atoms with Crippen LogP contribution in [0.1, 0.15) is 33.2 Å². The fourth-order valence-electron chi connectivity index (χ4n) is 3.97. The number of benzene rings is 2. The number of hydrogen-bond acceptors (Lipinski definition) is 5. The number of aliphatic hydroxyl groups is 1. The van der Waals surface area contributed by atoms with Gasteiger partial charge >= 0.3 is 0 Å². The lowest BCUT2D eigenvalue weighted by Crippen LogP contribution is -2.29. The van der Waals surface area contributed by atoms with E-state index >= 15 is 0 Å². The van der Waals surface area contributed by atoms with Crippen LogP contribution in [-0.2, 0) is 9.59 Å². The summed E-state index contributed by atoms with van der Waals surface area (Å²) in [6, 6.07) is 14.0. The molecule has 0 radical (unpaired) electrons. The number of Topliss-reactive ketones (excluding diaryl/α,β-unsaturated/α-hetero) is 1. The molecule has 0 bridgehead atoms. The fraction of sp³-hybridized carbons (Fsp3) is 0.200. The lowest BCUT2D eigenvalue weighted by molar-refractivity contribution is -0.132. The van der Waals surface area contributed by atoms with E-state index < -0.39 is 17.7 Å². The van der Waals surface area contributed by atoms with E-state index in [2.05, 4.69) is 0 Å². The molecule has 4 rings (SSSR count). The molecule has 1 aromatic heterocycles. The van der Waals surface area contributed by atoms with Crippen molar-refractivity contribution >= 4 is 34.5 Å². The van der Waals surface area contributed by atoms with E-state index in [1.165, 1.54) is 16.2 Å². The fourth-order valence-corrected chi connectivity index (χ4v) is 4.79. The van der Waals surface area contributed by atoms with Gasteiger partial charge in [-0.3, -0.25) is 14.5 Å². The zero-order valence-electron chi connectivity index (χ0n) is 17.8. The first-order chi connectivity index (χ1) is 14.8. The molecule has 2 aromatic carbocycles. The van der Waals surface area contributed by atoms with Gasteiger partial charge in [-0.25, -0.2) is 0 Å². The third-order valence-electron chi connectivity index (χ3n) is 5.78. The molecule has 3 aromatic rings. The van der Waals surface area contributed by atoms with Crippen LogP contribution in [-0.4, -0.2) is 23.9 Å². The Hall–Kier alpha value is -3.38. The summed E-state index contributed by atoms with van der Waals surface area (Å²) in [5.41, 5.74) is 3.97. The minimum Gasteiger partial charge on any atom is -0.507 e. The maximum absolute atomic E-state index is 13.2. The summed E-state index contributed by atoms with van der Waals surface area (Å²) in [7, 11) is 1.57. The number of amides is 1. The number of carbonyl (C=O) groups excluding carboxylic acids is 2. The molecule has 1 amide bonds. The highest BCUT2D eigenvalue weighted by Crippen LogP contribution is 2.45. The Kier molecular flexibility index (Phi) is 5.41. The van der Waals surface area contributed by atoms with E-state index in [9.17, 15) is 14.7 Å². The molecule has 0 saturated carbocycles. The summed E-state index contributed by atoms with van der Waals surface area (Å²) in [4.78, 5) is 28.8.